The summed E-state index contributed by atoms with van der Waals surface area (Å²) in [6.07, 6.45) is 0. The van der Waals surface area contributed by atoms with Gasteiger partial charge in [0.25, 0.3) is 5.78 Å². The highest BCUT2D eigenvalue weighted by atomic mass is 79.9. The van der Waals surface area contributed by atoms with Gasteiger partial charge in [-0.2, -0.15) is 0 Å². The number of carbonyl (C=O) groups is 2. The predicted octanol–water partition coefficient (Wildman–Crippen LogP) is 3.60. The van der Waals surface area contributed by atoms with Crippen LogP contribution in [0.1, 0.15) is 15.9 Å². The van der Waals surface area contributed by atoms with E-state index in [4.69, 9.17) is 0 Å². The molecular formula is C16H13BrO3. The zero-order valence-corrected chi connectivity index (χ0v) is 12.5. The Morgan fingerprint density at radius 2 is 1.70 bits per heavy atom. The lowest BCUT2D eigenvalue weighted by molar-refractivity contribution is -0.135. The van der Waals surface area contributed by atoms with Gasteiger partial charge in [0.05, 0.1) is 7.11 Å². The molecule has 0 bridgehead atoms. The zero-order chi connectivity index (χ0) is 14.5. The van der Waals surface area contributed by atoms with Crippen LogP contribution in [0, 0.1) is 0 Å². The van der Waals surface area contributed by atoms with Crippen molar-refractivity contribution in [2.45, 2.75) is 5.33 Å². The minimum atomic E-state index is -0.852. The number of ketones is 1. The zero-order valence-electron chi connectivity index (χ0n) is 10.9. The second-order valence-corrected chi connectivity index (χ2v) is 4.76. The first kappa shape index (κ1) is 14.5. The molecule has 0 N–H and O–H groups in total. The van der Waals surface area contributed by atoms with Crippen molar-refractivity contribution in [3.63, 3.8) is 0 Å². The molecular weight excluding hydrogens is 320 g/mol. The molecule has 4 heteroatoms. The number of hydrogen-bond donors (Lipinski definition) is 0. The van der Waals surface area contributed by atoms with Crippen molar-refractivity contribution in [3.05, 3.63) is 59.7 Å². The molecule has 20 heavy (non-hydrogen) atoms. The fourth-order valence-electron chi connectivity index (χ4n) is 1.91. The standard InChI is InChI=1S/C16H13BrO3/c1-20-16(19)15(18)14-5-3-2-4-13(14)12-8-6-11(10-17)7-9-12/h2-9H,10H2,1H3. The van der Waals surface area contributed by atoms with Crippen LogP contribution < -0.4 is 0 Å². The molecule has 2 rings (SSSR count). The Kier molecular flexibility index (Phi) is 4.69. The largest absolute Gasteiger partial charge is 0.463 e. The van der Waals surface area contributed by atoms with Gasteiger partial charge < -0.3 is 4.74 Å². The Balaban J connectivity index is 2.46. The summed E-state index contributed by atoms with van der Waals surface area (Å²) in [6.45, 7) is 0. The number of alkyl halides is 1. The molecule has 0 aromatic heterocycles. The van der Waals surface area contributed by atoms with Crippen LogP contribution in [0.4, 0.5) is 0 Å². The van der Waals surface area contributed by atoms with Crippen LogP contribution in [-0.2, 0) is 14.9 Å². The monoisotopic (exact) mass is 332 g/mol. The summed E-state index contributed by atoms with van der Waals surface area (Å²) in [6, 6.07) is 14.8. The summed E-state index contributed by atoms with van der Waals surface area (Å²) in [5.74, 6) is -1.48. The van der Waals surface area contributed by atoms with Crippen molar-refractivity contribution >= 4 is 27.7 Å². The number of hydrogen-bond acceptors (Lipinski definition) is 3. The quantitative estimate of drug-likeness (QED) is 0.372. The van der Waals surface area contributed by atoms with Crippen molar-refractivity contribution < 1.29 is 14.3 Å². The normalized spacial score (nSPS) is 10.1. The number of Topliss-reactive ketones (excluding diaryl/α,β-unsaturated/α-hetero) is 1. The van der Waals surface area contributed by atoms with Gasteiger partial charge in [-0.1, -0.05) is 64.5 Å². The predicted molar refractivity (Wildman–Crippen MR) is 80.9 cm³/mol. The molecule has 0 radical (unpaired) electrons. The molecule has 2 aromatic carbocycles. The molecule has 0 fully saturated rings. The summed E-state index contributed by atoms with van der Waals surface area (Å²) < 4.78 is 4.50. The van der Waals surface area contributed by atoms with Crippen LogP contribution >= 0.6 is 15.9 Å². The van der Waals surface area contributed by atoms with Crippen LogP contribution in [0.3, 0.4) is 0 Å². The third-order valence-electron chi connectivity index (χ3n) is 2.96. The van der Waals surface area contributed by atoms with Gasteiger partial charge >= 0.3 is 5.97 Å². The number of esters is 1. The fraction of sp³-hybridized carbons (Fsp3) is 0.125. The van der Waals surface area contributed by atoms with Crippen LogP contribution in [0.2, 0.25) is 0 Å². The Bertz CT molecular complexity index is 632. The first-order valence-electron chi connectivity index (χ1n) is 6.04. The highest BCUT2D eigenvalue weighted by Crippen LogP contribution is 2.25. The lowest BCUT2D eigenvalue weighted by atomic mass is 9.96. The molecule has 0 aliphatic rings. The molecule has 0 aliphatic carbocycles. The van der Waals surface area contributed by atoms with E-state index < -0.39 is 11.8 Å². The van der Waals surface area contributed by atoms with Gasteiger partial charge in [0, 0.05) is 10.9 Å². The fourth-order valence-corrected chi connectivity index (χ4v) is 2.28. The number of carbonyl (C=O) groups excluding carboxylic acids is 2. The van der Waals surface area contributed by atoms with E-state index in [1.54, 1.807) is 12.1 Å². The van der Waals surface area contributed by atoms with E-state index in [9.17, 15) is 9.59 Å². The molecule has 0 atom stereocenters. The molecule has 0 unspecified atom stereocenters. The van der Waals surface area contributed by atoms with E-state index in [0.29, 0.717) is 5.56 Å². The summed E-state index contributed by atoms with van der Waals surface area (Å²) >= 11 is 3.39. The van der Waals surface area contributed by atoms with E-state index in [0.717, 1.165) is 22.0 Å². The summed E-state index contributed by atoms with van der Waals surface area (Å²) in [5, 5.41) is 0.774. The Labute approximate surface area is 125 Å². The lowest BCUT2D eigenvalue weighted by Gasteiger charge is -2.08. The summed E-state index contributed by atoms with van der Waals surface area (Å²) in [5.41, 5.74) is 3.11. The first-order chi connectivity index (χ1) is 9.67. The molecule has 3 nitrogen and oxygen atoms in total. The maximum atomic E-state index is 12.0. The topological polar surface area (TPSA) is 43.4 Å². The summed E-state index contributed by atoms with van der Waals surface area (Å²) in [7, 11) is 1.20. The third-order valence-corrected chi connectivity index (χ3v) is 3.61. The average Bonchev–Trinajstić information content (AvgIpc) is 2.53. The van der Waals surface area contributed by atoms with Crippen molar-refractivity contribution in [3.8, 4) is 11.1 Å². The van der Waals surface area contributed by atoms with Crippen LogP contribution in [0.15, 0.2) is 48.5 Å². The minimum Gasteiger partial charge on any atom is -0.463 e. The number of methoxy groups -OCH3 is 1. The Hall–Kier alpha value is -1.94. The smallest absolute Gasteiger partial charge is 0.379 e. The molecule has 0 saturated heterocycles. The van der Waals surface area contributed by atoms with Crippen LogP contribution in [0.25, 0.3) is 11.1 Å². The van der Waals surface area contributed by atoms with Crippen molar-refractivity contribution in [1.82, 2.24) is 0 Å². The minimum absolute atomic E-state index is 0.353. The van der Waals surface area contributed by atoms with Gasteiger partial charge in [-0.15, -0.1) is 0 Å². The third kappa shape index (κ3) is 2.96. The molecule has 2 aromatic rings. The number of benzene rings is 2. The molecule has 0 spiro atoms. The Morgan fingerprint density at radius 1 is 1.05 bits per heavy atom. The molecule has 102 valence electrons. The second-order valence-electron chi connectivity index (χ2n) is 4.20. The first-order valence-corrected chi connectivity index (χ1v) is 7.16. The lowest BCUT2D eigenvalue weighted by Crippen LogP contribution is -2.16. The van der Waals surface area contributed by atoms with Gasteiger partial charge in [-0.05, 0) is 16.7 Å². The highest BCUT2D eigenvalue weighted by Gasteiger charge is 2.20. The van der Waals surface area contributed by atoms with Gasteiger partial charge in [-0.3, -0.25) is 4.79 Å². The molecule has 0 saturated carbocycles. The average molecular weight is 333 g/mol. The highest BCUT2D eigenvalue weighted by molar-refractivity contribution is 9.08. The number of ether oxygens (including phenoxy) is 1. The second kappa shape index (κ2) is 6.48. The van der Waals surface area contributed by atoms with Crippen LogP contribution in [0.5, 0.6) is 0 Å². The van der Waals surface area contributed by atoms with E-state index >= 15 is 0 Å². The SMILES string of the molecule is COC(=O)C(=O)c1ccccc1-c1ccc(CBr)cc1. The van der Waals surface area contributed by atoms with Crippen molar-refractivity contribution in [1.29, 1.82) is 0 Å². The Morgan fingerprint density at radius 3 is 2.30 bits per heavy atom. The van der Waals surface area contributed by atoms with Crippen molar-refractivity contribution in [2.75, 3.05) is 7.11 Å². The molecule has 0 aliphatic heterocycles. The van der Waals surface area contributed by atoms with Gasteiger partial charge in [0.15, 0.2) is 0 Å². The van der Waals surface area contributed by atoms with Crippen LogP contribution in [-0.4, -0.2) is 18.9 Å². The van der Waals surface area contributed by atoms with E-state index in [-0.39, 0.29) is 0 Å². The summed E-state index contributed by atoms with van der Waals surface area (Å²) in [4.78, 5) is 23.4. The maximum absolute atomic E-state index is 12.0. The van der Waals surface area contributed by atoms with Gasteiger partial charge in [-0.25, -0.2) is 4.79 Å². The van der Waals surface area contributed by atoms with Crippen molar-refractivity contribution in [2.24, 2.45) is 0 Å². The molecule has 0 amide bonds. The number of halogens is 1. The van der Waals surface area contributed by atoms with E-state index in [1.807, 2.05) is 36.4 Å². The van der Waals surface area contributed by atoms with E-state index in [1.165, 1.54) is 7.11 Å². The maximum Gasteiger partial charge on any atom is 0.379 e. The molecule has 0 heterocycles. The van der Waals surface area contributed by atoms with Gasteiger partial charge in [0.1, 0.15) is 0 Å². The van der Waals surface area contributed by atoms with E-state index in [2.05, 4.69) is 20.7 Å². The number of rotatable bonds is 4. The van der Waals surface area contributed by atoms with Gasteiger partial charge in [0.2, 0.25) is 0 Å².